The van der Waals surface area contributed by atoms with Crippen LogP contribution in [0.4, 0.5) is 5.69 Å². The zero-order valence-electron chi connectivity index (χ0n) is 10.9. The number of nitrogen functional groups attached to an aromatic ring is 1. The summed E-state index contributed by atoms with van der Waals surface area (Å²) in [7, 11) is 0. The van der Waals surface area contributed by atoms with Gasteiger partial charge in [-0.05, 0) is 43.4 Å². The van der Waals surface area contributed by atoms with Crippen molar-refractivity contribution >= 4 is 11.6 Å². The van der Waals surface area contributed by atoms with Gasteiger partial charge in [0, 0.05) is 18.9 Å². The van der Waals surface area contributed by atoms with Crippen LogP contribution in [0.1, 0.15) is 29.6 Å². The monoisotopic (exact) mass is 264 g/mol. The fraction of sp³-hybridized carbons (Fsp3) is 0.500. The Hall–Kier alpha value is -1.75. The summed E-state index contributed by atoms with van der Waals surface area (Å²) in [4.78, 5) is 11.2. The first-order valence-electron chi connectivity index (χ1n) is 6.56. The molecule has 0 aliphatic carbocycles. The van der Waals surface area contributed by atoms with Crippen molar-refractivity contribution < 1.29 is 14.3 Å². The molecule has 0 radical (unpaired) electrons. The molecule has 1 amide bonds. The van der Waals surface area contributed by atoms with Crippen molar-refractivity contribution in [3.63, 3.8) is 0 Å². The van der Waals surface area contributed by atoms with Gasteiger partial charge in [0.25, 0.3) is 5.91 Å². The largest absolute Gasteiger partial charge is 0.494 e. The fourth-order valence-corrected chi connectivity index (χ4v) is 2.22. The van der Waals surface area contributed by atoms with Crippen molar-refractivity contribution in [2.75, 3.05) is 25.6 Å². The van der Waals surface area contributed by atoms with Crippen molar-refractivity contribution in [1.29, 1.82) is 0 Å². The van der Waals surface area contributed by atoms with E-state index in [1.54, 1.807) is 18.2 Å². The van der Waals surface area contributed by atoms with Crippen molar-refractivity contribution in [1.82, 2.24) is 0 Å². The molecular formula is C14H20N2O3. The van der Waals surface area contributed by atoms with Gasteiger partial charge < -0.3 is 20.9 Å². The van der Waals surface area contributed by atoms with Gasteiger partial charge in [-0.25, -0.2) is 0 Å². The van der Waals surface area contributed by atoms with Crippen LogP contribution < -0.4 is 16.2 Å². The van der Waals surface area contributed by atoms with Gasteiger partial charge in [0.05, 0.1) is 12.2 Å². The number of nitrogens with two attached hydrogens (primary N) is 2. The lowest BCUT2D eigenvalue weighted by Crippen LogP contribution is -2.18. The SMILES string of the molecule is NC(=O)c1cc(OCCC2CCOCC2)ccc1N. The van der Waals surface area contributed by atoms with E-state index in [0.29, 0.717) is 29.5 Å². The summed E-state index contributed by atoms with van der Waals surface area (Å²) >= 11 is 0. The van der Waals surface area contributed by atoms with E-state index >= 15 is 0 Å². The Morgan fingerprint density at radius 3 is 2.79 bits per heavy atom. The molecule has 0 aromatic heterocycles. The van der Waals surface area contributed by atoms with Crippen molar-refractivity contribution in [2.24, 2.45) is 11.7 Å². The van der Waals surface area contributed by atoms with Crippen molar-refractivity contribution in [2.45, 2.75) is 19.3 Å². The first-order valence-corrected chi connectivity index (χ1v) is 6.56. The van der Waals surface area contributed by atoms with E-state index in [-0.39, 0.29) is 0 Å². The topological polar surface area (TPSA) is 87.6 Å². The highest BCUT2D eigenvalue weighted by atomic mass is 16.5. The molecule has 1 heterocycles. The van der Waals surface area contributed by atoms with Crippen LogP contribution in [0, 0.1) is 5.92 Å². The molecule has 0 bridgehead atoms. The molecule has 1 saturated heterocycles. The third-order valence-corrected chi connectivity index (χ3v) is 3.43. The number of amides is 1. The summed E-state index contributed by atoms with van der Waals surface area (Å²) in [6.45, 7) is 2.32. The third kappa shape index (κ3) is 3.86. The molecule has 5 heteroatoms. The Labute approximate surface area is 112 Å². The maximum atomic E-state index is 11.2. The van der Waals surface area contributed by atoms with E-state index in [9.17, 15) is 4.79 Å². The molecule has 0 saturated carbocycles. The zero-order chi connectivity index (χ0) is 13.7. The van der Waals surface area contributed by atoms with E-state index in [1.165, 1.54) is 0 Å². The highest BCUT2D eigenvalue weighted by Gasteiger charge is 2.14. The second kappa shape index (κ2) is 6.43. The number of rotatable bonds is 5. The number of anilines is 1. The average molecular weight is 264 g/mol. The van der Waals surface area contributed by atoms with Crippen LogP contribution in [0.3, 0.4) is 0 Å². The first kappa shape index (κ1) is 13.7. The standard InChI is InChI=1S/C14H20N2O3/c15-13-2-1-11(9-12(13)14(16)17)19-8-5-10-3-6-18-7-4-10/h1-2,9-10H,3-8,15H2,(H2,16,17). The molecular weight excluding hydrogens is 244 g/mol. The Morgan fingerprint density at radius 1 is 1.37 bits per heavy atom. The van der Waals surface area contributed by atoms with Gasteiger partial charge in [0.2, 0.25) is 0 Å². The molecule has 4 N–H and O–H groups in total. The van der Waals surface area contributed by atoms with Gasteiger partial charge in [-0.15, -0.1) is 0 Å². The molecule has 1 aliphatic rings. The molecule has 1 aliphatic heterocycles. The Balaban J connectivity index is 1.85. The molecule has 19 heavy (non-hydrogen) atoms. The summed E-state index contributed by atoms with van der Waals surface area (Å²) in [6, 6.07) is 5.00. The number of benzene rings is 1. The number of primary amides is 1. The van der Waals surface area contributed by atoms with Crippen LogP contribution in [-0.4, -0.2) is 25.7 Å². The van der Waals surface area contributed by atoms with E-state index < -0.39 is 5.91 Å². The average Bonchev–Trinajstić information content (AvgIpc) is 2.41. The number of hydrogen-bond acceptors (Lipinski definition) is 4. The van der Waals surface area contributed by atoms with E-state index in [0.717, 1.165) is 32.5 Å². The van der Waals surface area contributed by atoms with Gasteiger partial charge in [-0.1, -0.05) is 0 Å². The highest BCUT2D eigenvalue weighted by molar-refractivity contribution is 5.98. The van der Waals surface area contributed by atoms with Crippen LogP contribution in [0.25, 0.3) is 0 Å². The summed E-state index contributed by atoms with van der Waals surface area (Å²) in [5.74, 6) is 0.764. The van der Waals surface area contributed by atoms with E-state index in [1.807, 2.05) is 0 Å². The summed E-state index contributed by atoms with van der Waals surface area (Å²) < 4.78 is 11.0. The minimum Gasteiger partial charge on any atom is -0.494 e. The molecule has 1 aromatic rings. The fourth-order valence-electron chi connectivity index (χ4n) is 2.22. The van der Waals surface area contributed by atoms with Crippen LogP contribution in [0.5, 0.6) is 5.75 Å². The second-order valence-electron chi connectivity index (χ2n) is 4.81. The van der Waals surface area contributed by atoms with Crippen LogP contribution in [-0.2, 0) is 4.74 Å². The van der Waals surface area contributed by atoms with Crippen LogP contribution in [0.15, 0.2) is 18.2 Å². The predicted octanol–water partition coefficient (Wildman–Crippen LogP) is 1.56. The quantitative estimate of drug-likeness (QED) is 0.790. The van der Waals surface area contributed by atoms with Gasteiger partial charge in [0.1, 0.15) is 5.75 Å². The van der Waals surface area contributed by atoms with Gasteiger partial charge in [-0.2, -0.15) is 0 Å². The normalized spacial score (nSPS) is 16.2. The molecule has 2 rings (SSSR count). The summed E-state index contributed by atoms with van der Waals surface area (Å²) in [5.41, 5.74) is 11.6. The summed E-state index contributed by atoms with van der Waals surface area (Å²) in [5, 5.41) is 0. The smallest absolute Gasteiger partial charge is 0.250 e. The Morgan fingerprint density at radius 2 is 2.11 bits per heavy atom. The van der Waals surface area contributed by atoms with Crippen molar-refractivity contribution in [3.8, 4) is 5.75 Å². The second-order valence-corrected chi connectivity index (χ2v) is 4.81. The van der Waals surface area contributed by atoms with E-state index in [2.05, 4.69) is 0 Å². The van der Waals surface area contributed by atoms with Gasteiger partial charge >= 0.3 is 0 Å². The van der Waals surface area contributed by atoms with Crippen molar-refractivity contribution in [3.05, 3.63) is 23.8 Å². The minimum absolute atomic E-state index is 0.309. The lowest BCUT2D eigenvalue weighted by Gasteiger charge is -2.21. The number of carbonyl (C=O) groups is 1. The lowest BCUT2D eigenvalue weighted by molar-refractivity contribution is 0.0593. The minimum atomic E-state index is -0.535. The Bertz CT molecular complexity index is 442. The molecule has 0 unspecified atom stereocenters. The number of hydrogen-bond donors (Lipinski definition) is 2. The van der Waals surface area contributed by atoms with Gasteiger partial charge in [0.15, 0.2) is 0 Å². The lowest BCUT2D eigenvalue weighted by atomic mass is 9.97. The molecule has 104 valence electrons. The third-order valence-electron chi connectivity index (χ3n) is 3.43. The van der Waals surface area contributed by atoms with Crippen LogP contribution >= 0.6 is 0 Å². The molecule has 0 atom stereocenters. The van der Waals surface area contributed by atoms with Gasteiger partial charge in [-0.3, -0.25) is 4.79 Å². The summed E-state index contributed by atoms with van der Waals surface area (Å²) in [6.07, 6.45) is 3.19. The van der Waals surface area contributed by atoms with Crippen LogP contribution in [0.2, 0.25) is 0 Å². The predicted molar refractivity (Wildman–Crippen MR) is 73.0 cm³/mol. The number of ether oxygens (including phenoxy) is 2. The zero-order valence-corrected chi connectivity index (χ0v) is 10.9. The molecule has 5 nitrogen and oxygen atoms in total. The first-order chi connectivity index (χ1) is 9.16. The maximum absolute atomic E-state index is 11.2. The molecule has 1 aromatic carbocycles. The molecule has 1 fully saturated rings. The highest BCUT2D eigenvalue weighted by Crippen LogP contribution is 2.22. The Kier molecular flexibility index (Phi) is 4.63. The maximum Gasteiger partial charge on any atom is 0.250 e. The molecule has 0 spiro atoms. The number of carbonyl (C=O) groups excluding carboxylic acids is 1. The van der Waals surface area contributed by atoms with E-state index in [4.69, 9.17) is 20.9 Å².